The monoisotopic (exact) mass is 699 g/mol. The fraction of sp³-hybridized carbons (Fsp3) is 0.391. The molecule has 0 radical (unpaired) electrons. The van der Waals surface area contributed by atoms with Crippen LogP contribution in [-0.4, -0.2) is 97.9 Å². The van der Waals surface area contributed by atoms with Gasteiger partial charge in [0.25, 0.3) is 5.91 Å². The van der Waals surface area contributed by atoms with Gasteiger partial charge in [-0.05, 0) is 29.8 Å². The molecule has 46 heavy (non-hydrogen) atoms. The fourth-order valence-corrected chi connectivity index (χ4v) is 7.55. The van der Waals surface area contributed by atoms with Crippen LogP contribution in [0.2, 0.25) is 0 Å². The first-order chi connectivity index (χ1) is 21.4. The number of nitrogens with one attached hydrogen (secondary N) is 4. The molecular formula is C23H26N13NaO6S3. The number of primary amides is 1. The maximum atomic E-state index is 13.8. The van der Waals surface area contributed by atoms with E-state index in [1.807, 2.05) is 13.8 Å². The molecule has 1 saturated heterocycles. The number of carbonyl (C=O) groups excluding carboxylic acids is 4. The molecular weight excluding hydrogens is 674 g/mol. The molecule has 0 aliphatic carbocycles. The van der Waals surface area contributed by atoms with Crippen LogP contribution in [0.3, 0.4) is 0 Å². The third-order valence-corrected chi connectivity index (χ3v) is 9.67. The van der Waals surface area contributed by atoms with Crippen molar-refractivity contribution in [3.63, 3.8) is 0 Å². The first-order valence-corrected chi connectivity index (χ1v) is 16.0. The number of carbonyl (C=O) groups is 4. The Hall–Kier alpha value is -3.70. The molecule has 19 nitrogen and oxygen atoms in total. The molecule has 0 aromatic carbocycles. The summed E-state index contributed by atoms with van der Waals surface area (Å²) < 4.78 is 1.42. The van der Waals surface area contributed by atoms with E-state index < -0.39 is 47.2 Å². The van der Waals surface area contributed by atoms with Crippen molar-refractivity contribution in [2.24, 2.45) is 12.8 Å². The number of rotatable bonds is 11. The number of hydrogen-bond acceptors (Lipinski definition) is 16. The molecule has 0 saturated carbocycles. The zero-order valence-electron chi connectivity index (χ0n) is 24.7. The number of amides is 4. The van der Waals surface area contributed by atoms with Crippen LogP contribution in [-0.2, 0) is 21.4 Å². The van der Waals surface area contributed by atoms with Gasteiger partial charge < -0.3 is 36.4 Å². The number of carboxylic acid groups (broad SMARTS) is 1. The Morgan fingerprint density at radius 1 is 1.37 bits per heavy atom. The number of nitrogens with zero attached hydrogens (tertiary/aromatic N) is 8. The van der Waals surface area contributed by atoms with Gasteiger partial charge >= 0.3 is 35.6 Å². The summed E-state index contributed by atoms with van der Waals surface area (Å²) in [5, 5.41) is 48.5. The van der Waals surface area contributed by atoms with Crippen LogP contribution >= 0.6 is 34.9 Å². The van der Waals surface area contributed by atoms with E-state index in [0.29, 0.717) is 10.7 Å². The number of aromatic hydroxyl groups is 1. The Labute approximate surface area is 294 Å². The van der Waals surface area contributed by atoms with Gasteiger partial charge in [0, 0.05) is 30.0 Å². The zero-order chi connectivity index (χ0) is 32.6. The van der Waals surface area contributed by atoms with Gasteiger partial charge in [0.2, 0.25) is 22.9 Å². The minimum atomic E-state index is -1.60. The first-order valence-electron chi connectivity index (χ1n) is 13.0. The van der Waals surface area contributed by atoms with Crippen molar-refractivity contribution in [1.82, 2.24) is 45.4 Å². The van der Waals surface area contributed by atoms with E-state index in [9.17, 15) is 29.4 Å². The van der Waals surface area contributed by atoms with E-state index in [1.165, 1.54) is 33.6 Å². The Bertz CT molecular complexity index is 1760. The number of aromatic nitrogens is 7. The summed E-state index contributed by atoms with van der Waals surface area (Å²) in [6.07, 6.45) is 1.10. The summed E-state index contributed by atoms with van der Waals surface area (Å²) in [5.41, 5.74) is 5.55. The van der Waals surface area contributed by atoms with Gasteiger partial charge in [0.15, 0.2) is 10.8 Å². The molecule has 5 heterocycles. The number of aromatic amines is 1. The summed E-state index contributed by atoms with van der Waals surface area (Å²) in [6, 6.07) is -4.02. The summed E-state index contributed by atoms with van der Waals surface area (Å²) in [4.78, 5) is 64.6. The molecule has 2 aliphatic rings. The van der Waals surface area contributed by atoms with Crippen molar-refractivity contribution >= 4 is 70.3 Å². The van der Waals surface area contributed by atoms with Crippen molar-refractivity contribution in [3.05, 3.63) is 33.3 Å². The Morgan fingerprint density at radius 3 is 2.67 bits per heavy atom. The smallest absolute Gasteiger partial charge is 0.543 e. The fourth-order valence-electron chi connectivity index (χ4n) is 4.60. The van der Waals surface area contributed by atoms with Crippen molar-refractivity contribution in [3.8, 4) is 5.88 Å². The molecule has 7 N–H and O–H groups in total. The molecule has 4 amide bonds. The van der Waals surface area contributed by atoms with Crippen LogP contribution in [0.1, 0.15) is 25.6 Å². The van der Waals surface area contributed by atoms with E-state index >= 15 is 0 Å². The number of tetrazole rings is 1. The van der Waals surface area contributed by atoms with E-state index in [1.54, 1.807) is 7.05 Å². The number of carboxylic acids is 1. The number of aryl methyl sites for hydroxylation is 1. The molecule has 238 valence electrons. The zero-order valence-corrected chi connectivity index (χ0v) is 29.2. The van der Waals surface area contributed by atoms with Crippen LogP contribution in [0.4, 0.5) is 16.4 Å². The standard InChI is InChI=1S/C23H27N13O6S3.Na/c1-8(2)27-22-26-4-11(15(37)30-22)35(21(25)42)14(10-7-44-20(24)28-10)16(38)29-12-17(39)36-13(19(40)41)9(5-43-18(12)36)6-45-23-31-32-33-34(23)3;/h4,7-8,12,14,18H,5-6H2,1-3H3,(H2,24,28)(H2,25,42)(H,29,38)(H,40,41)(H2,26,27,30,37);/q;+1/p-1/t12-,14?,18+;/m1./s1. The predicted molar refractivity (Wildman–Crippen MR) is 158 cm³/mol. The molecule has 0 spiro atoms. The number of fused-ring (bicyclic) bond motifs is 1. The molecule has 1 fully saturated rings. The van der Waals surface area contributed by atoms with Crippen LogP contribution < -0.4 is 60.7 Å². The minimum Gasteiger partial charge on any atom is -0.543 e. The summed E-state index contributed by atoms with van der Waals surface area (Å²) in [5.74, 6) is -3.38. The normalized spacial score (nSPS) is 17.9. The number of anilines is 2. The predicted octanol–water partition coefficient (Wildman–Crippen LogP) is -4.78. The van der Waals surface area contributed by atoms with Crippen molar-refractivity contribution in [2.75, 3.05) is 21.7 Å². The molecule has 2 aliphatic heterocycles. The largest absolute Gasteiger partial charge is 1.00 e. The van der Waals surface area contributed by atoms with Gasteiger partial charge in [-0.25, -0.2) is 14.5 Å². The van der Waals surface area contributed by atoms with Gasteiger partial charge in [0.1, 0.15) is 17.1 Å². The van der Waals surface area contributed by atoms with Crippen molar-refractivity contribution in [1.29, 1.82) is 5.41 Å². The third kappa shape index (κ3) is 7.00. The van der Waals surface area contributed by atoms with E-state index in [-0.39, 0.29) is 74.9 Å². The molecule has 3 aromatic heterocycles. The van der Waals surface area contributed by atoms with Crippen LogP contribution in [0.15, 0.2) is 28.0 Å². The summed E-state index contributed by atoms with van der Waals surface area (Å²) in [7, 11) is 1.63. The van der Waals surface area contributed by atoms with Crippen LogP contribution in [0.5, 0.6) is 5.88 Å². The SMILES string of the molecule is CC(C)Nc1ncc(N(C(N)=O)C(C(=O)N[C@@H]2C(=O)N3C(C(=O)[O-])=C(CSc4nnnn4C)CS[C@@H]23)c2csc(=N)[nH]2)c(O)n1.[Na+]. The summed E-state index contributed by atoms with van der Waals surface area (Å²) in [6.45, 7) is 3.65. The Kier molecular flexibility index (Phi) is 11.0. The number of urea groups is 1. The van der Waals surface area contributed by atoms with Crippen molar-refractivity contribution < 1.29 is 58.9 Å². The molecule has 0 bridgehead atoms. The third-order valence-electron chi connectivity index (χ3n) is 6.52. The second-order valence-corrected chi connectivity index (χ2v) is 12.9. The maximum Gasteiger partial charge on any atom is 1.00 e. The average molecular weight is 700 g/mol. The number of β-lactam (4-membered cyclic amide) rings is 1. The second-order valence-electron chi connectivity index (χ2n) is 9.97. The van der Waals surface area contributed by atoms with Gasteiger partial charge in [-0.1, -0.05) is 11.8 Å². The molecule has 5 rings (SSSR count). The number of thiazole rings is 1. The van der Waals surface area contributed by atoms with Gasteiger partial charge in [-0.2, -0.15) is 4.98 Å². The topological polar surface area (TPSA) is 277 Å². The summed E-state index contributed by atoms with van der Waals surface area (Å²) >= 11 is 3.35. The van der Waals surface area contributed by atoms with E-state index in [2.05, 4.69) is 41.1 Å². The molecule has 3 aromatic rings. The number of H-pyrrole nitrogens is 1. The maximum absolute atomic E-state index is 13.8. The Balaban J connectivity index is 0.00000480. The average Bonchev–Trinajstić information content (AvgIpc) is 3.59. The first kappa shape index (κ1) is 35.2. The molecule has 1 unspecified atom stereocenters. The van der Waals surface area contributed by atoms with Crippen molar-refractivity contribution in [2.45, 2.75) is 42.5 Å². The van der Waals surface area contributed by atoms with E-state index in [0.717, 1.165) is 27.3 Å². The number of thioether (sulfide) groups is 2. The quantitative estimate of drug-likeness (QED) is 0.0623. The van der Waals surface area contributed by atoms with Crippen LogP contribution in [0.25, 0.3) is 0 Å². The second kappa shape index (κ2) is 14.4. The number of hydrogen-bond donors (Lipinski definition) is 6. The van der Waals surface area contributed by atoms with Gasteiger partial charge in [0.05, 0.1) is 23.6 Å². The molecule has 23 heteroatoms. The van der Waals surface area contributed by atoms with Gasteiger partial charge in [-0.3, -0.25) is 24.8 Å². The number of aliphatic carboxylic acids is 1. The molecule has 3 atom stereocenters. The minimum absolute atomic E-state index is 0. The van der Waals surface area contributed by atoms with Gasteiger partial charge in [-0.15, -0.1) is 28.2 Å². The van der Waals surface area contributed by atoms with Crippen LogP contribution in [0, 0.1) is 5.41 Å². The number of nitrogens with two attached hydrogens (primary N) is 1. The van der Waals surface area contributed by atoms with E-state index in [4.69, 9.17) is 11.1 Å². The Morgan fingerprint density at radius 2 is 2.11 bits per heavy atom.